The van der Waals surface area contributed by atoms with Crippen molar-refractivity contribution in [2.24, 2.45) is 0 Å². The van der Waals surface area contributed by atoms with Crippen LogP contribution in [0.5, 0.6) is 0 Å². The predicted octanol–water partition coefficient (Wildman–Crippen LogP) is 3.89. The second kappa shape index (κ2) is 9.73. The molecule has 1 fully saturated rings. The molecule has 178 valence electrons. The Balaban J connectivity index is 1.28. The van der Waals surface area contributed by atoms with Crippen molar-refractivity contribution >= 4 is 33.9 Å². The van der Waals surface area contributed by atoms with E-state index in [1.54, 1.807) is 17.5 Å². The van der Waals surface area contributed by atoms with E-state index in [1.165, 1.54) is 29.5 Å². The van der Waals surface area contributed by atoms with Crippen LogP contribution in [0.15, 0.2) is 48.0 Å². The summed E-state index contributed by atoms with van der Waals surface area (Å²) in [4.78, 5) is 35.0. The minimum Gasteiger partial charge on any atom is -0.354 e. The number of hydrogen-bond acceptors (Lipinski definition) is 8. The third kappa shape index (κ3) is 5.66. The largest absolute Gasteiger partial charge is 0.417 e. The van der Waals surface area contributed by atoms with E-state index in [9.17, 15) is 28.1 Å². The maximum atomic E-state index is 12.7. The standard InChI is InChI=1S/C21H19F3N6O3S/c22-21(23,24)15-4-5-18(25-11-15)29-8-6-28(7-9-29)12-19(31)27-20-26-17(13-34-20)14-2-1-3-16(10-14)30(32)33/h1-5,10-11,13H,6-9,12H2,(H,26,27,31). The van der Waals surface area contributed by atoms with E-state index in [-0.39, 0.29) is 18.1 Å². The summed E-state index contributed by atoms with van der Waals surface area (Å²) < 4.78 is 38.1. The molecule has 0 radical (unpaired) electrons. The van der Waals surface area contributed by atoms with Crippen LogP contribution in [0.4, 0.5) is 29.8 Å². The molecule has 0 atom stereocenters. The Labute approximate surface area is 196 Å². The van der Waals surface area contributed by atoms with Crippen molar-refractivity contribution in [1.29, 1.82) is 0 Å². The van der Waals surface area contributed by atoms with Gasteiger partial charge in [0.1, 0.15) is 5.82 Å². The van der Waals surface area contributed by atoms with Gasteiger partial charge in [-0.15, -0.1) is 11.3 Å². The maximum Gasteiger partial charge on any atom is 0.417 e. The highest BCUT2D eigenvalue weighted by Crippen LogP contribution is 2.30. The number of alkyl halides is 3. The van der Waals surface area contributed by atoms with E-state index in [0.29, 0.717) is 48.4 Å². The Kier molecular flexibility index (Phi) is 6.75. The highest BCUT2D eigenvalue weighted by Gasteiger charge is 2.31. The van der Waals surface area contributed by atoms with Crippen LogP contribution in [-0.2, 0) is 11.0 Å². The zero-order valence-corrected chi connectivity index (χ0v) is 18.5. The van der Waals surface area contributed by atoms with E-state index >= 15 is 0 Å². The van der Waals surface area contributed by atoms with Gasteiger partial charge in [-0.05, 0) is 12.1 Å². The number of nitro benzene ring substituents is 1. The molecule has 0 spiro atoms. The molecule has 3 heterocycles. The van der Waals surface area contributed by atoms with Gasteiger partial charge in [0.2, 0.25) is 5.91 Å². The number of amides is 1. The quantitative estimate of drug-likeness (QED) is 0.411. The second-order valence-corrected chi connectivity index (χ2v) is 8.42. The summed E-state index contributed by atoms with van der Waals surface area (Å²) >= 11 is 1.22. The summed E-state index contributed by atoms with van der Waals surface area (Å²) in [5, 5.41) is 15.8. The fourth-order valence-electron chi connectivity index (χ4n) is 3.48. The number of nitrogens with zero attached hydrogens (tertiary/aromatic N) is 5. The normalized spacial score (nSPS) is 14.7. The average molecular weight is 492 g/mol. The van der Waals surface area contributed by atoms with Crippen LogP contribution in [0.2, 0.25) is 0 Å². The minimum atomic E-state index is -4.42. The molecular formula is C21H19F3N6O3S. The second-order valence-electron chi connectivity index (χ2n) is 7.56. The number of pyridine rings is 1. The zero-order chi connectivity index (χ0) is 24.3. The van der Waals surface area contributed by atoms with Crippen LogP contribution in [0.25, 0.3) is 11.3 Å². The molecule has 2 aromatic heterocycles. The lowest BCUT2D eigenvalue weighted by atomic mass is 10.1. The van der Waals surface area contributed by atoms with Crippen LogP contribution in [0, 0.1) is 10.1 Å². The Hall–Kier alpha value is -3.58. The van der Waals surface area contributed by atoms with Gasteiger partial charge in [0.25, 0.3) is 5.69 Å². The van der Waals surface area contributed by atoms with Crippen molar-refractivity contribution in [3.05, 3.63) is 63.7 Å². The molecule has 1 aliphatic heterocycles. The number of halogens is 3. The number of hydrogen-bond donors (Lipinski definition) is 1. The maximum absolute atomic E-state index is 12.7. The van der Waals surface area contributed by atoms with Gasteiger partial charge in [-0.25, -0.2) is 9.97 Å². The first-order valence-corrected chi connectivity index (χ1v) is 11.1. The van der Waals surface area contributed by atoms with Gasteiger partial charge in [-0.3, -0.25) is 19.8 Å². The first-order valence-electron chi connectivity index (χ1n) is 10.2. The lowest BCUT2D eigenvalue weighted by molar-refractivity contribution is -0.384. The number of thiazole rings is 1. The molecule has 0 bridgehead atoms. The van der Waals surface area contributed by atoms with Crippen LogP contribution in [0.3, 0.4) is 0 Å². The molecule has 0 saturated carbocycles. The van der Waals surface area contributed by atoms with Crippen molar-refractivity contribution in [1.82, 2.24) is 14.9 Å². The summed E-state index contributed by atoms with van der Waals surface area (Å²) in [5.74, 6) is 0.217. The summed E-state index contributed by atoms with van der Waals surface area (Å²) in [6.07, 6.45) is -3.60. The molecule has 1 saturated heterocycles. The average Bonchev–Trinajstić information content (AvgIpc) is 3.27. The number of aromatic nitrogens is 2. The number of rotatable bonds is 6. The highest BCUT2D eigenvalue weighted by molar-refractivity contribution is 7.14. The number of carbonyl (C=O) groups excluding carboxylic acids is 1. The summed E-state index contributed by atoms with van der Waals surface area (Å²) in [6, 6.07) is 8.46. The smallest absolute Gasteiger partial charge is 0.354 e. The van der Waals surface area contributed by atoms with E-state index < -0.39 is 16.7 Å². The molecule has 1 amide bonds. The molecule has 1 N–H and O–H groups in total. The topological polar surface area (TPSA) is 104 Å². The molecule has 0 unspecified atom stereocenters. The Morgan fingerprint density at radius 1 is 1.18 bits per heavy atom. The first kappa shape index (κ1) is 23.6. The van der Waals surface area contributed by atoms with Crippen LogP contribution >= 0.6 is 11.3 Å². The van der Waals surface area contributed by atoms with Gasteiger partial charge in [0.05, 0.1) is 22.7 Å². The van der Waals surface area contributed by atoms with Crippen molar-refractivity contribution < 1.29 is 22.9 Å². The van der Waals surface area contributed by atoms with Crippen LogP contribution in [0.1, 0.15) is 5.56 Å². The van der Waals surface area contributed by atoms with E-state index in [1.807, 2.05) is 9.80 Å². The lowest BCUT2D eigenvalue weighted by Gasteiger charge is -2.35. The summed E-state index contributed by atoms with van der Waals surface area (Å²) in [6.45, 7) is 2.29. The number of benzene rings is 1. The minimum absolute atomic E-state index is 0.0401. The van der Waals surface area contributed by atoms with Gasteiger partial charge in [0, 0.05) is 55.5 Å². The Morgan fingerprint density at radius 3 is 2.59 bits per heavy atom. The van der Waals surface area contributed by atoms with Crippen molar-refractivity contribution in [3.8, 4) is 11.3 Å². The molecule has 4 rings (SSSR count). The number of nitro groups is 1. The fourth-order valence-corrected chi connectivity index (χ4v) is 4.22. The lowest BCUT2D eigenvalue weighted by Crippen LogP contribution is -2.48. The summed E-state index contributed by atoms with van der Waals surface area (Å²) in [5.41, 5.74) is 0.282. The van der Waals surface area contributed by atoms with Crippen molar-refractivity contribution in [3.63, 3.8) is 0 Å². The predicted molar refractivity (Wildman–Crippen MR) is 121 cm³/mol. The van der Waals surface area contributed by atoms with Crippen molar-refractivity contribution in [2.75, 3.05) is 42.9 Å². The molecule has 3 aromatic rings. The number of anilines is 2. The molecule has 0 aliphatic carbocycles. The number of non-ortho nitro benzene ring substituents is 1. The van der Waals surface area contributed by atoms with Gasteiger partial charge < -0.3 is 10.2 Å². The zero-order valence-electron chi connectivity index (χ0n) is 17.7. The molecule has 1 aliphatic rings. The Morgan fingerprint density at radius 2 is 1.94 bits per heavy atom. The van der Waals surface area contributed by atoms with Crippen LogP contribution in [-0.4, -0.2) is 58.4 Å². The van der Waals surface area contributed by atoms with Gasteiger partial charge in [0.15, 0.2) is 5.13 Å². The van der Waals surface area contributed by atoms with E-state index in [2.05, 4.69) is 15.3 Å². The van der Waals surface area contributed by atoms with E-state index in [0.717, 1.165) is 12.3 Å². The molecule has 1 aromatic carbocycles. The van der Waals surface area contributed by atoms with E-state index in [4.69, 9.17) is 0 Å². The molecule has 9 nitrogen and oxygen atoms in total. The number of carbonyl (C=O) groups is 1. The summed E-state index contributed by atoms with van der Waals surface area (Å²) in [7, 11) is 0. The van der Waals surface area contributed by atoms with Gasteiger partial charge in [-0.1, -0.05) is 12.1 Å². The number of piperazine rings is 1. The van der Waals surface area contributed by atoms with Crippen molar-refractivity contribution in [2.45, 2.75) is 6.18 Å². The third-order valence-corrected chi connectivity index (χ3v) is 6.00. The molecule has 34 heavy (non-hydrogen) atoms. The SMILES string of the molecule is O=C(CN1CCN(c2ccc(C(F)(F)F)cn2)CC1)Nc1nc(-c2cccc([N+](=O)[O-])c2)cs1. The monoisotopic (exact) mass is 492 g/mol. The fraction of sp³-hybridized carbons (Fsp3) is 0.286. The van der Waals surface area contributed by atoms with Crippen LogP contribution < -0.4 is 10.2 Å². The van der Waals surface area contributed by atoms with Gasteiger partial charge in [-0.2, -0.15) is 13.2 Å². The third-order valence-electron chi connectivity index (χ3n) is 5.24. The molecule has 13 heteroatoms. The molecular weight excluding hydrogens is 473 g/mol. The first-order chi connectivity index (χ1) is 16.2. The van der Waals surface area contributed by atoms with Gasteiger partial charge >= 0.3 is 6.18 Å². The number of nitrogens with one attached hydrogen (secondary N) is 1. The Bertz CT molecular complexity index is 1180. The highest BCUT2D eigenvalue weighted by atomic mass is 32.1.